The smallest absolute Gasteiger partial charge is 0.171 e. The van der Waals surface area contributed by atoms with E-state index in [4.69, 9.17) is 12.2 Å². The summed E-state index contributed by atoms with van der Waals surface area (Å²) in [4.78, 5) is 0. The Balaban J connectivity index is 1.99. The number of aryl methyl sites for hydroxylation is 2. The van der Waals surface area contributed by atoms with Crippen LogP contribution in [-0.2, 0) is 0 Å². The second kappa shape index (κ2) is 6.68. The van der Waals surface area contributed by atoms with E-state index in [9.17, 15) is 4.39 Å². The Morgan fingerprint density at radius 2 is 1.62 bits per heavy atom. The number of hydrogen-bond acceptors (Lipinski definition) is 1. The minimum Gasteiger partial charge on any atom is -0.356 e. The van der Waals surface area contributed by atoms with Crippen LogP contribution in [0.25, 0.3) is 0 Å². The van der Waals surface area contributed by atoms with Crippen LogP contribution in [0.3, 0.4) is 0 Å². The number of benzene rings is 2. The van der Waals surface area contributed by atoms with Crippen molar-refractivity contribution in [2.24, 2.45) is 0 Å². The number of anilines is 1. The van der Waals surface area contributed by atoms with Crippen LogP contribution >= 0.6 is 12.2 Å². The average molecular weight is 302 g/mol. The molecule has 2 aromatic carbocycles. The van der Waals surface area contributed by atoms with Gasteiger partial charge in [-0.25, -0.2) is 4.39 Å². The molecule has 110 valence electrons. The molecule has 0 aromatic heterocycles. The van der Waals surface area contributed by atoms with Crippen molar-refractivity contribution < 1.29 is 4.39 Å². The molecular formula is C17H19FN2S. The lowest BCUT2D eigenvalue weighted by Gasteiger charge is -2.18. The SMILES string of the molecule is Cc1cc(C)cc(NC(=S)N[C@H](C)c2ccc(F)cc2)c1. The lowest BCUT2D eigenvalue weighted by atomic mass is 10.1. The van der Waals surface area contributed by atoms with Gasteiger partial charge in [-0.1, -0.05) is 18.2 Å². The molecule has 2 aromatic rings. The maximum absolute atomic E-state index is 12.9. The highest BCUT2D eigenvalue weighted by molar-refractivity contribution is 7.80. The van der Waals surface area contributed by atoms with E-state index in [1.54, 1.807) is 12.1 Å². The number of thiocarbonyl (C=S) groups is 1. The minimum absolute atomic E-state index is 0.0107. The van der Waals surface area contributed by atoms with Crippen LogP contribution in [0, 0.1) is 19.7 Å². The molecule has 2 N–H and O–H groups in total. The topological polar surface area (TPSA) is 24.1 Å². The number of halogens is 1. The zero-order chi connectivity index (χ0) is 15.4. The molecule has 2 rings (SSSR count). The van der Waals surface area contributed by atoms with E-state index in [0.29, 0.717) is 5.11 Å². The van der Waals surface area contributed by atoms with Crippen molar-refractivity contribution in [3.8, 4) is 0 Å². The van der Waals surface area contributed by atoms with Gasteiger partial charge in [0.25, 0.3) is 0 Å². The van der Waals surface area contributed by atoms with Gasteiger partial charge in [0.1, 0.15) is 5.82 Å². The summed E-state index contributed by atoms with van der Waals surface area (Å²) in [5, 5.41) is 6.94. The molecule has 0 radical (unpaired) electrons. The molecule has 0 bridgehead atoms. The van der Waals surface area contributed by atoms with E-state index in [2.05, 4.69) is 30.5 Å². The van der Waals surface area contributed by atoms with E-state index in [0.717, 1.165) is 11.3 Å². The maximum Gasteiger partial charge on any atom is 0.171 e. The van der Waals surface area contributed by atoms with Gasteiger partial charge in [0.2, 0.25) is 0 Å². The fourth-order valence-corrected chi connectivity index (χ4v) is 2.54. The molecule has 0 aliphatic rings. The summed E-state index contributed by atoms with van der Waals surface area (Å²) in [6, 6.07) is 12.6. The summed E-state index contributed by atoms with van der Waals surface area (Å²) in [6.07, 6.45) is 0. The molecule has 0 saturated heterocycles. The average Bonchev–Trinajstić information content (AvgIpc) is 2.37. The molecule has 4 heteroatoms. The number of nitrogens with one attached hydrogen (secondary N) is 2. The summed E-state index contributed by atoms with van der Waals surface area (Å²) in [5.74, 6) is -0.234. The van der Waals surface area contributed by atoms with Crippen molar-refractivity contribution in [2.75, 3.05) is 5.32 Å². The van der Waals surface area contributed by atoms with E-state index in [1.807, 2.05) is 19.1 Å². The van der Waals surface area contributed by atoms with Crippen LogP contribution in [0.5, 0.6) is 0 Å². The summed E-state index contributed by atoms with van der Waals surface area (Å²) in [5.41, 5.74) is 4.33. The molecule has 0 aliphatic heterocycles. The molecule has 0 saturated carbocycles. The minimum atomic E-state index is -0.234. The van der Waals surface area contributed by atoms with Crippen LogP contribution in [0.15, 0.2) is 42.5 Å². The summed E-state index contributed by atoms with van der Waals surface area (Å²) >= 11 is 5.33. The second-order valence-corrected chi connectivity index (χ2v) is 5.66. The first-order chi connectivity index (χ1) is 9.94. The standard InChI is InChI=1S/C17H19FN2S/c1-11-8-12(2)10-16(9-11)20-17(21)19-13(3)14-4-6-15(18)7-5-14/h4-10,13H,1-3H3,(H2,19,20,21)/t13-/m1/s1. The van der Waals surface area contributed by atoms with Gasteiger partial charge in [-0.2, -0.15) is 0 Å². The van der Waals surface area contributed by atoms with Crippen molar-refractivity contribution in [1.82, 2.24) is 5.32 Å². The van der Waals surface area contributed by atoms with Gasteiger partial charge in [-0.05, 0) is 73.9 Å². The normalized spacial score (nSPS) is 11.8. The van der Waals surface area contributed by atoms with Gasteiger partial charge in [0.15, 0.2) is 5.11 Å². The van der Waals surface area contributed by atoms with Crippen LogP contribution in [0.1, 0.15) is 29.7 Å². The first-order valence-corrected chi connectivity index (χ1v) is 7.26. The molecule has 21 heavy (non-hydrogen) atoms. The van der Waals surface area contributed by atoms with E-state index < -0.39 is 0 Å². The molecule has 0 heterocycles. The quantitative estimate of drug-likeness (QED) is 0.817. The summed E-state index contributed by atoms with van der Waals surface area (Å²) in [7, 11) is 0. The highest BCUT2D eigenvalue weighted by Gasteiger charge is 2.07. The molecule has 0 unspecified atom stereocenters. The molecule has 0 fully saturated rings. The van der Waals surface area contributed by atoms with Crippen LogP contribution < -0.4 is 10.6 Å². The molecule has 2 nitrogen and oxygen atoms in total. The summed E-state index contributed by atoms with van der Waals surface area (Å²) in [6.45, 7) is 6.09. The van der Waals surface area contributed by atoms with Gasteiger partial charge in [0, 0.05) is 5.69 Å². The van der Waals surface area contributed by atoms with Gasteiger partial charge >= 0.3 is 0 Å². The largest absolute Gasteiger partial charge is 0.356 e. The lowest BCUT2D eigenvalue weighted by molar-refractivity contribution is 0.624. The third kappa shape index (κ3) is 4.53. The van der Waals surface area contributed by atoms with Gasteiger partial charge < -0.3 is 10.6 Å². The Bertz CT molecular complexity index is 617. The molecule has 0 spiro atoms. The van der Waals surface area contributed by atoms with Crippen LogP contribution in [0.2, 0.25) is 0 Å². The molecular weight excluding hydrogens is 283 g/mol. The predicted octanol–water partition coefficient (Wildman–Crippen LogP) is 4.49. The van der Waals surface area contributed by atoms with E-state index in [1.165, 1.54) is 23.3 Å². The van der Waals surface area contributed by atoms with Crippen molar-refractivity contribution >= 4 is 23.0 Å². The highest BCUT2D eigenvalue weighted by Crippen LogP contribution is 2.15. The third-order valence-corrected chi connectivity index (χ3v) is 3.42. The van der Waals surface area contributed by atoms with E-state index >= 15 is 0 Å². The number of rotatable bonds is 3. The Morgan fingerprint density at radius 1 is 1.05 bits per heavy atom. The van der Waals surface area contributed by atoms with Crippen LogP contribution in [-0.4, -0.2) is 5.11 Å². The van der Waals surface area contributed by atoms with Gasteiger partial charge in [-0.15, -0.1) is 0 Å². The Morgan fingerprint density at radius 3 is 2.19 bits per heavy atom. The first kappa shape index (κ1) is 15.4. The highest BCUT2D eigenvalue weighted by atomic mass is 32.1. The monoisotopic (exact) mass is 302 g/mol. The van der Waals surface area contributed by atoms with Crippen LogP contribution in [0.4, 0.5) is 10.1 Å². The number of hydrogen-bond donors (Lipinski definition) is 2. The van der Waals surface area contributed by atoms with Crippen molar-refractivity contribution in [3.63, 3.8) is 0 Å². The third-order valence-electron chi connectivity index (χ3n) is 3.20. The molecule has 0 amide bonds. The molecule has 1 atom stereocenters. The summed E-state index contributed by atoms with van der Waals surface area (Å²) < 4.78 is 12.9. The molecule has 0 aliphatic carbocycles. The van der Waals surface area contributed by atoms with Crippen molar-refractivity contribution in [2.45, 2.75) is 26.8 Å². The Kier molecular flexibility index (Phi) is 4.91. The maximum atomic E-state index is 12.9. The predicted molar refractivity (Wildman–Crippen MR) is 90.1 cm³/mol. The van der Waals surface area contributed by atoms with Crippen molar-refractivity contribution in [3.05, 3.63) is 65.0 Å². The fraction of sp³-hybridized carbons (Fsp3) is 0.235. The Labute approximate surface area is 130 Å². The van der Waals surface area contributed by atoms with Gasteiger partial charge in [0.05, 0.1) is 6.04 Å². The fourth-order valence-electron chi connectivity index (χ4n) is 2.25. The van der Waals surface area contributed by atoms with Crippen molar-refractivity contribution in [1.29, 1.82) is 0 Å². The van der Waals surface area contributed by atoms with E-state index in [-0.39, 0.29) is 11.9 Å². The lowest BCUT2D eigenvalue weighted by Crippen LogP contribution is -2.30. The second-order valence-electron chi connectivity index (χ2n) is 5.25. The first-order valence-electron chi connectivity index (χ1n) is 6.85. The van der Waals surface area contributed by atoms with Gasteiger partial charge in [-0.3, -0.25) is 0 Å². The Hall–Kier alpha value is -1.94. The zero-order valence-corrected chi connectivity index (χ0v) is 13.2. The zero-order valence-electron chi connectivity index (χ0n) is 12.4.